The normalized spacial score (nSPS) is 23.1. The summed E-state index contributed by atoms with van der Waals surface area (Å²) in [5.74, 6) is -2.98. The third-order valence-electron chi connectivity index (χ3n) is 5.83. The van der Waals surface area contributed by atoms with E-state index in [1.54, 1.807) is 4.90 Å². The van der Waals surface area contributed by atoms with Gasteiger partial charge in [-0.1, -0.05) is 0 Å². The van der Waals surface area contributed by atoms with E-state index in [-0.39, 0.29) is 22.7 Å². The molecule has 2 aromatic rings. The Hall–Kier alpha value is -3.35. The van der Waals surface area contributed by atoms with Crippen LogP contribution in [0.3, 0.4) is 0 Å². The van der Waals surface area contributed by atoms with Crippen LogP contribution in [0.25, 0.3) is 5.65 Å². The number of ether oxygens (including phenoxy) is 1. The molecule has 2 unspecified atom stereocenters. The van der Waals surface area contributed by atoms with E-state index < -0.39 is 42.2 Å². The topological polar surface area (TPSA) is 74.8 Å². The summed E-state index contributed by atoms with van der Waals surface area (Å²) in [5.41, 5.74) is 0.0725. The Kier molecular flexibility index (Phi) is 5.58. The van der Waals surface area contributed by atoms with E-state index in [0.717, 1.165) is 15.6 Å². The maximum absolute atomic E-state index is 14.1. The van der Waals surface area contributed by atoms with E-state index >= 15 is 0 Å². The van der Waals surface area contributed by atoms with Crippen LogP contribution < -0.4 is 0 Å². The molecule has 0 N–H and O–H groups in total. The van der Waals surface area contributed by atoms with Crippen molar-refractivity contribution >= 4 is 23.5 Å². The molecule has 1 amide bonds. The Morgan fingerprint density at radius 3 is 2.82 bits per heavy atom. The Bertz CT molecular complexity index is 1210. The minimum Gasteiger partial charge on any atom is -0.380 e. The molecule has 3 aliphatic heterocycles. The van der Waals surface area contributed by atoms with E-state index in [4.69, 9.17) is 4.74 Å². The van der Waals surface area contributed by atoms with Gasteiger partial charge in [-0.2, -0.15) is 18.3 Å². The number of carbonyl (C=O) groups is 1. The third-order valence-corrected chi connectivity index (χ3v) is 5.83. The van der Waals surface area contributed by atoms with Gasteiger partial charge in [0.25, 0.3) is 5.91 Å². The van der Waals surface area contributed by atoms with Crippen LogP contribution in [0.5, 0.6) is 0 Å². The molecule has 2 atom stereocenters. The van der Waals surface area contributed by atoms with E-state index in [9.17, 15) is 26.7 Å². The number of hydrogen-bond donors (Lipinski definition) is 0. The van der Waals surface area contributed by atoms with Gasteiger partial charge in [-0.15, -0.1) is 0 Å². The van der Waals surface area contributed by atoms with Crippen LogP contribution in [0.2, 0.25) is 0 Å². The number of hydrogen-bond acceptors (Lipinski definition) is 6. The summed E-state index contributed by atoms with van der Waals surface area (Å²) in [6.45, 7) is 0.317. The van der Waals surface area contributed by atoms with Gasteiger partial charge in [0.1, 0.15) is 18.1 Å². The molecule has 5 rings (SSSR count). The zero-order valence-corrected chi connectivity index (χ0v) is 17.7. The Labute approximate surface area is 190 Å². The van der Waals surface area contributed by atoms with Gasteiger partial charge < -0.3 is 9.64 Å². The fourth-order valence-corrected chi connectivity index (χ4v) is 4.32. The average Bonchev–Trinajstić information content (AvgIpc) is 3.21. The monoisotopic (exact) mass is 482 g/mol. The second kappa shape index (κ2) is 8.46. The lowest BCUT2D eigenvalue weighted by molar-refractivity contribution is -0.148. The maximum Gasteiger partial charge on any atom is 0.407 e. The first-order chi connectivity index (χ1) is 16.2. The number of aliphatic imine (C=N–C) groups is 1. The van der Waals surface area contributed by atoms with Crippen molar-refractivity contribution in [3.05, 3.63) is 47.6 Å². The fourth-order valence-electron chi connectivity index (χ4n) is 4.32. The summed E-state index contributed by atoms with van der Waals surface area (Å²) in [4.78, 5) is 22.7. The van der Waals surface area contributed by atoms with Crippen LogP contribution in [-0.2, 0) is 9.53 Å². The van der Waals surface area contributed by atoms with E-state index in [1.807, 2.05) is 0 Å². The second-order valence-corrected chi connectivity index (χ2v) is 8.15. The molecule has 0 spiro atoms. The Morgan fingerprint density at radius 2 is 2.03 bits per heavy atom. The van der Waals surface area contributed by atoms with Crippen molar-refractivity contribution in [2.75, 3.05) is 32.8 Å². The van der Waals surface area contributed by atoms with Gasteiger partial charge in [0, 0.05) is 38.2 Å². The molecule has 180 valence electrons. The first-order valence-corrected chi connectivity index (χ1v) is 10.6. The molecule has 3 aliphatic rings. The summed E-state index contributed by atoms with van der Waals surface area (Å²) < 4.78 is 74.4. The highest BCUT2D eigenvalue weighted by Crippen LogP contribution is 2.33. The highest BCUT2D eigenvalue weighted by atomic mass is 19.4. The van der Waals surface area contributed by atoms with Crippen LogP contribution in [0.4, 0.5) is 22.0 Å². The zero-order valence-electron chi connectivity index (χ0n) is 17.7. The number of nitrogens with zero attached hydrogens (tertiary/aromatic N) is 6. The molecule has 0 aromatic carbocycles. The van der Waals surface area contributed by atoms with Crippen molar-refractivity contribution in [3.63, 3.8) is 0 Å². The number of pyridine rings is 1. The van der Waals surface area contributed by atoms with Crippen molar-refractivity contribution in [1.82, 2.24) is 19.3 Å². The third kappa shape index (κ3) is 4.15. The number of rotatable bonds is 3. The van der Waals surface area contributed by atoms with Crippen LogP contribution in [0.15, 0.2) is 40.3 Å². The molecular weight excluding hydrogens is 463 g/mol. The molecular formula is C21H19F5N6O2. The summed E-state index contributed by atoms with van der Waals surface area (Å²) in [5, 5.41) is 4.95. The van der Waals surface area contributed by atoms with Gasteiger partial charge >= 0.3 is 6.18 Å². The summed E-state index contributed by atoms with van der Waals surface area (Å²) >= 11 is 0. The zero-order chi connectivity index (χ0) is 24.0. The van der Waals surface area contributed by atoms with Crippen LogP contribution in [0, 0.1) is 17.6 Å². The minimum atomic E-state index is -4.57. The van der Waals surface area contributed by atoms with Crippen molar-refractivity contribution in [2.24, 2.45) is 16.0 Å². The van der Waals surface area contributed by atoms with Gasteiger partial charge in [0.2, 0.25) is 0 Å². The predicted octanol–water partition coefficient (Wildman–Crippen LogP) is 2.40. The average molecular weight is 482 g/mol. The van der Waals surface area contributed by atoms with Gasteiger partial charge in [-0.05, 0) is 12.5 Å². The smallest absolute Gasteiger partial charge is 0.380 e. The number of amides is 1. The van der Waals surface area contributed by atoms with E-state index in [1.165, 1.54) is 18.5 Å². The maximum atomic E-state index is 14.1. The first kappa shape index (κ1) is 22.4. The van der Waals surface area contributed by atoms with E-state index in [2.05, 4.69) is 15.1 Å². The highest BCUT2D eigenvalue weighted by Gasteiger charge is 2.44. The fraction of sp³-hybridized carbons (Fsp3) is 0.429. The van der Waals surface area contributed by atoms with Gasteiger partial charge in [-0.25, -0.2) is 13.8 Å². The number of aromatic nitrogens is 2. The summed E-state index contributed by atoms with van der Waals surface area (Å²) in [6.07, 6.45) is 0.999. The number of carbonyl (C=O) groups excluding carboxylic acids is 1. The largest absolute Gasteiger partial charge is 0.407 e. The van der Waals surface area contributed by atoms with Crippen LogP contribution in [-0.4, -0.2) is 82.2 Å². The first-order valence-electron chi connectivity index (χ1n) is 10.6. The molecule has 0 bridgehead atoms. The quantitative estimate of drug-likeness (QED) is 0.630. The second-order valence-electron chi connectivity index (χ2n) is 8.15. The SMILES string of the molecule is O=C(C1=CC2C(C=N1)C(c1cnc3c(F)cc(F)cn13)=NN2CC(F)(F)F)N1CCCOCC1. The molecule has 2 aromatic heterocycles. The number of fused-ring (bicyclic) bond motifs is 2. The van der Waals surface area contributed by atoms with Crippen molar-refractivity contribution in [3.8, 4) is 0 Å². The van der Waals surface area contributed by atoms with Crippen LogP contribution in [0.1, 0.15) is 12.1 Å². The lowest BCUT2D eigenvalue weighted by atomic mass is 9.92. The molecule has 1 fully saturated rings. The Morgan fingerprint density at radius 1 is 1.21 bits per heavy atom. The Balaban J connectivity index is 1.50. The lowest BCUT2D eigenvalue weighted by Crippen LogP contribution is -2.41. The minimum absolute atomic E-state index is 0.0157. The van der Waals surface area contributed by atoms with Crippen molar-refractivity contribution in [2.45, 2.75) is 18.6 Å². The molecule has 13 heteroatoms. The lowest BCUT2D eigenvalue weighted by Gasteiger charge is -2.28. The molecule has 0 aliphatic carbocycles. The summed E-state index contributed by atoms with van der Waals surface area (Å²) in [7, 11) is 0. The number of hydrazone groups is 1. The number of halogens is 5. The number of imidazole rings is 1. The number of alkyl halides is 3. The molecule has 5 heterocycles. The summed E-state index contributed by atoms with van der Waals surface area (Å²) in [6, 6.07) is -0.294. The van der Waals surface area contributed by atoms with Gasteiger partial charge in [0.15, 0.2) is 11.5 Å². The van der Waals surface area contributed by atoms with Crippen molar-refractivity contribution < 1.29 is 31.5 Å². The van der Waals surface area contributed by atoms with Crippen molar-refractivity contribution in [1.29, 1.82) is 0 Å². The van der Waals surface area contributed by atoms with Gasteiger partial charge in [0.05, 0.1) is 36.2 Å². The molecule has 1 saturated heterocycles. The van der Waals surface area contributed by atoms with E-state index in [0.29, 0.717) is 38.8 Å². The molecule has 8 nitrogen and oxygen atoms in total. The van der Waals surface area contributed by atoms with Crippen LogP contribution >= 0.6 is 0 Å². The molecule has 0 radical (unpaired) electrons. The molecule has 0 saturated carbocycles. The van der Waals surface area contributed by atoms with Gasteiger partial charge in [-0.3, -0.25) is 19.2 Å². The predicted molar refractivity (Wildman–Crippen MR) is 110 cm³/mol. The highest BCUT2D eigenvalue weighted by molar-refractivity contribution is 6.12. The molecule has 34 heavy (non-hydrogen) atoms. The standard InChI is InChI=1S/C21H19F5N6O2/c22-12-6-14(23)19-28-9-17(31(19)10-12)18-13-8-27-15(20(33)30-2-1-4-34-5-3-30)7-16(13)32(29-18)11-21(24,25)26/h6-10,13,16H,1-5,11H2.